The number of carbonyl (C=O) groups is 1. The SMILES string of the molecule is COc1cc(C(=O)N(C)C[C@@H]2C[C@H](OC)CN2C)cc(C)n1. The predicted octanol–water partition coefficient (Wildman–Crippen LogP) is 1.19. The van der Waals surface area contributed by atoms with E-state index in [2.05, 4.69) is 16.9 Å². The zero-order valence-electron chi connectivity index (χ0n) is 14.0. The number of aryl methyl sites for hydroxylation is 1. The molecule has 0 radical (unpaired) electrons. The molecule has 1 aliphatic rings. The summed E-state index contributed by atoms with van der Waals surface area (Å²) in [6, 6.07) is 3.79. The number of amides is 1. The van der Waals surface area contributed by atoms with Crippen LogP contribution >= 0.6 is 0 Å². The van der Waals surface area contributed by atoms with Gasteiger partial charge in [-0.2, -0.15) is 0 Å². The highest BCUT2D eigenvalue weighted by Gasteiger charge is 2.31. The number of nitrogens with zero attached hydrogens (tertiary/aromatic N) is 3. The Morgan fingerprint density at radius 1 is 1.45 bits per heavy atom. The minimum atomic E-state index is -0.0157. The summed E-state index contributed by atoms with van der Waals surface area (Å²) < 4.78 is 10.6. The number of hydrogen-bond acceptors (Lipinski definition) is 5. The molecule has 6 heteroatoms. The quantitative estimate of drug-likeness (QED) is 0.818. The molecule has 1 aromatic rings. The Balaban J connectivity index is 2.05. The standard InChI is InChI=1S/C16H25N3O3/c1-11-6-12(7-15(17-11)22-5)16(20)19(3)9-13-8-14(21-4)10-18(13)2/h6-7,13-14H,8-10H2,1-5H3/t13-,14-/m0/s1. The predicted molar refractivity (Wildman–Crippen MR) is 84.3 cm³/mol. The number of pyridine rings is 1. The maximum absolute atomic E-state index is 12.6. The molecule has 2 atom stereocenters. The molecular formula is C16H25N3O3. The number of likely N-dealkylation sites (tertiary alicyclic amines) is 1. The highest BCUT2D eigenvalue weighted by molar-refractivity contribution is 5.94. The second-order valence-corrected chi connectivity index (χ2v) is 5.91. The van der Waals surface area contributed by atoms with Gasteiger partial charge in [-0.1, -0.05) is 0 Å². The van der Waals surface area contributed by atoms with Gasteiger partial charge in [-0.15, -0.1) is 0 Å². The molecule has 0 unspecified atom stereocenters. The Hall–Kier alpha value is -1.66. The third-order valence-electron chi connectivity index (χ3n) is 4.20. The van der Waals surface area contributed by atoms with Crippen LogP contribution in [0.3, 0.4) is 0 Å². The molecule has 0 saturated carbocycles. The first-order valence-corrected chi connectivity index (χ1v) is 7.45. The molecule has 0 spiro atoms. The van der Waals surface area contributed by atoms with E-state index in [1.165, 1.54) is 0 Å². The van der Waals surface area contributed by atoms with Gasteiger partial charge in [0.05, 0.1) is 13.2 Å². The lowest BCUT2D eigenvalue weighted by Crippen LogP contribution is -2.39. The van der Waals surface area contributed by atoms with Crippen molar-refractivity contribution in [3.8, 4) is 5.88 Å². The second kappa shape index (κ2) is 7.07. The molecule has 0 aliphatic carbocycles. The van der Waals surface area contributed by atoms with E-state index in [4.69, 9.17) is 9.47 Å². The third-order valence-corrected chi connectivity index (χ3v) is 4.20. The second-order valence-electron chi connectivity index (χ2n) is 5.91. The Morgan fingerprint density at radius 3 is 2.77 bits per heavy atom. The Labute approximate surface area is 132 Å². The average molecular weight is 307 g/mol. The lowest BCUT2D eigenvalue weighted by Gasteiger charge is -2.25. The van der Waals surface area contributed by atoms with E-state index >= 15 is 0 Å². The van der Waals surface area contributed by atoms with Crippen LogP contribution in [-0.4, -0.2) is 74.2 Å². The van der Waals surface area contributed by atoms with Gasteiger partial charge in [0.15, 0.2) is 0 Å². The average Bonchev–Trinajstić information content (AvgIpc) is 2.86. The molecule has 1 aliphatic heterocycles. The summed E-state index contributed by atoms with van der Waals surface area (Å²) in [5.74, 6) is 0.451. The summed E-state index contributed by atoms with van der Waals surface area (Å²) >= 11 is 0. The summed E-state index contributed by atoms with van der Waals surface area (Å²) in [7, 11) is 7.19. The molecular weight excluding hydrogens is 282 g/mol. The van der Waals surface area contributed by atoms with Crippen molar-refractivity contribution in [2.45, 2.75) is 25.5 Å². The summed E-state index contributed by atoms with van der Waals surface area (Å²) in [6.45, 7) is 3.44. The van der Waals surface area contributed by atoms with Crippen LogP contribution in [0.25, 0.3) is 0 Å². The summed E-state index contributed by atoms with van der Waals surface area (Å²) in [4.78, 5) is 20.8. The van der Waals surface area contributed by atoms with Gasteiger partial charge >= 0.3 is 0 Å². The van der Waals surface area contributed by atoms with Gasteiger partial charge in [0.25, 0.3) is 5.91 Å². The largest absolute Gasteiger partial charge is 0.481 e. The number of rotatable bonds is 5. The molecule has 6 nitrogen and oxygen atoms in total. The van der Waals surface area contributed by atoms with Crippen LogP contribution in [-0.2, 0) is 4.74 Å². The van der Waals surface area contributed by atoms with Crippen molar-refractivity contribution in [1.82, 2.24) is 14.8 Å². The van der Waals surface area contributed by atoms with E-state index in [1.807, 2.05) is 14.0 Å². The van der Waals surface area contributed by atoms with E-state index in [-0.39, 0.29) is 12.0 Å². The molecule has 1 saturated heterocycles. The van der Waals surface area contributed by atoms with Crippen molar-refractivity contribution in [3.05, 3.63) is 23.4 Å². The van der Waals surface area contributed by atoms with E-state index in [1.54, 1.807) is 31.3 Å². The van der Waals surface area contributed by atoms with Gasteiger partial charge in [0, 0.05) is 50.6 Å². The van der Waals surface area contributed by atoms with Gasteiger partial charge < -0.3 is 14.4 Å². The number of ether oxygens (including phenoxy) is 2. The van der Waals surface area contributed by atoms with Gasteiger partial charge in [-0.05, 0) is 26.5 Å². The van der Waals surface area contributed by atoms with E-state index in [0.29, 0.717) is 24.0 Å². The maximum Gasteiger partial charge on any atom is 0.253 e. The Morgan fingerprint density at radius 2 is 2.18 bits per heavy atom. The fourth-order valence-electron chi connectivity index (χ4n) is 2.90. The fraction of sp³-hybridized carbons (Fsp3) is 0.625. The molecule has 2 rings (SSSR count). The van der Waals surface area contributed by atoms with Crippen LogP contribution in [0.2, 0.25) is 0 Å². The minimum Gasteiger partial charge on any atom is -0.481 e. The van der Waals surface area contributed by atoms with Crippen molar-refractivity contribution in [3.63, 3.8) is 0 Å². The van der Waals surface area contributed by atoms with Crippen LogP contribution in [0.5, 0.6) is 5.88 Å². The van der Waals surface area contributed by atoms with Gasteiger partial charge in [-0.25, -0.2) is 4.98 Å². The van der Waals surface area contributed by atoms with Gasteiger partial charge in [0.2, 0.25) is 5.88 Å². The molecule has 1 amide bonds. The first-order chi connectivity index (χ1) is 10.4. The lowest BCUT2D eigenvalue weighted by atomic mass is 10.1. The van der Waals surface area contributed by atoms with Crippen molar-refractivity contribution in [2.75, 3.05) is 41.4 Å². The molecule has 2 heterocycles. The minimum absolute atomic E-state index is 0.0157. The summed E-state index contributed by atoms with van der Waals surface area (Å²) in [5.41, 5.74) is 1.38. The van der Waals surface area contributed by atoms with Crippen LogP contribution in [0.15, 0.2) is 12.1 Å². The normalized spacial score (nSPS) is 21.9. The van der Waals surface area contributed by atoms with Crippen LogP contribution in [0.1, 0.15) is 22.5 Å². The van der Waals surface area contributed by atoms with E-state index in [0.717, 1.165) is 18.7 Å². The number of methoxy groups -OCH3 is 2. The van der Waals surface area contributed by atoms with Crippen LogP contribution in [0, 0.1) is 6.92 Å². The molecule has 1 fully saturated rings. The third kappa shape index (κ3) is 3.75. The topological polar surface area (TPSA) is 54.9 Å². The van der Waals surface area contributed by atoms with Crippen molar-refractivity contribution in [1.29, 1.82) is 0 Å². The monoisotopic (exact) mass is 307 g/mol. The molecule has 22 heavy (non-hydrogen) atoms. The van der Waals surface area contributed by atoms with Crippen molar-refractivity contribution in [2.24, 2.45) is 0 Å². The highest BCUT2D eigenvalue weighted by Crippen LogP contribution is 2.20. The van der Waals surface area contributed by atoms with Gasteiger partial charge in [-0.3, -0.25) is 9.69 Å². The smallest absolute Gasteiger partial charge is 0.253 e. The number of likely N-dealkylation sites (N-methyl/N-ethyl adjacent to an activating group) is 2. The van der Waals surface area contributed by atoms with Crippen molar-refractivity contribution >= 4 is 5.91 Å². The molecule has 0 N–H and O–H groups in total. The molecule has 1 aromatic heterocycles. The number of carbonyl (C=O) groups excluding carboxylic acids is 1. The fourth-order valence-corrected chi connectivity index (χ4v) is 2.90. The first-order valence-electron chi connectivity index (χ1n) is 7.45. The van der Waals surface area contributed by atoms with Crippen LogP contribution < -0.4 is 4.74 Å². The molecule has 0 bridgehead atoms. The zero-order chi connectivity index (χ0) is 16.3. The maximum atomic E-state index is 12.6. The summed E-state index contributed by atoms with van der Waals surface area (Å²) in [5, 5.41) is 0. The zero-order valence-corrected chi connectivity index (χ0v) is 14.0. The molecule has 122 valence electrons. The Kier molecular flexibility index (Phi) is 5.37. The van der Waals surface area contributed by atoms with Crippen molar-refractivity contribution < 1.29 is 14.3 Å². The van der Waals surface area contributed by atoms with Gasteiger partial charge in [0.1, 0.15) is 0 Å². The van der Waals surface area contributed by atoms with Crippen LogP contribution in [0.4, 0.5) is 0 Å². The van der Waals surface area contributed by atoms with E-state index in [9.17, 15) is 4.79 Å². The first kappa shape index (κ1) is 16.7. The number of hydrogen-bond donors (Lipinski definition) is 0. The number of aromatic nitrogens is 1. The summed E-state index contributed by atoms with van der Waals surface area (Å²) in [6.07, 6.45) is 1.20. The Bertz CT molecular complexity index is 535. The highest BCUT2D eigenvalue weighted by atomic mass is 16.5. The van der Waals surface area contributed by atoms with E-state index < -0.39 is 0 Å². The lowest BCUT2D eigenvalue weighted by molar-refractivity contribution is 0.0759. The molecule has 0 aromatic carbocycles.